The molecule has 0 saturated carbocycles. The zero-order chi connectivity index (χ0) is 40.3. The van der Waals surface area contributed by atoms with Crippen LogP contribution >= 0.6 is 0 Å². The van der Waals surface area contributed by atoms with E-state index in [4.69, 9.17) is 0 Å². The fourth-order valence-electron chi connectivity index (χ4n) is 9.50. The van der Waals surface area contributed by atoms with Crippen LogP contribution in [0, 0.1) is 5.92 Å². The van der Waals surface area contributed by atoms with Crippen LogP contribution in [0.3, 0.4) is 0 Å². The van der Waals surface area contributed by atoms with E-state index in [1.807, 2.05) is 0 Å². The Hall–Kier alpha value is -3.25. The van der Waals surface area contributed by atoms with Gasteiger partial charge in [-0.3, -0.25) is 0 Å². The average molecular weight is 911 g/mol. The molecule has 0 aromatic heterocycles. The molecule has 0 aliphatic heterocycles. The Labute approximate surface area is 358 Å². The summed E-state index contributed by atoms with van der Waals surface area (Å²) in [5.41, 5.74) is 13.0. The van der Waals surface area contributed by atoms with Gasteiger partial charge >= 0.3 is 336 Å². The fourth-order valence-corrected chi connectivity index (χ4v) is 19.1. The van der Waals surface area contributed by atoms with Crippen LogP contribution in [0.15, 0.2) is 106 Å². The van der Waals surface area contributed by atoms with Crippen LogP contribution in [0.25, 0.3) is 22.3 Å². The quantitative estimate of drug-likeness (QED) is 0.181. The Balaban J connectivity index is 0.00000283. The van der Waals surface area contributed by atoms with E-state index in [-0.39, 0.29) is 45.2 Å². The third-order valence-electron chi connectivity index (χ3n) is 12.7. The summed E-state index contributed by atoms with van der Waals surface area (Å²) >= 11 is -3.57. The van der Waals surface area contributed by atoms with E-state index in [9.17, 15) is 26.3 Å². The molecular formula is C49H46Cl2F6Zr. The molecule has 0 bridgehead atoms. The van der Waals surface area contributed by atoms with Crippen molar-refractivity contribution in [1.29, 1.82) is 0 Å². The van der Waals surface area contributed by atoms with Gasteiger partial charge in [-0.15, -0.1) is 0 Å². The molecule has 4 aliphatic carbocycles. The molecule has 0 fully saturated rings. The van der Waals surface area contributed by atoms with Crippen LogP contribution in [-0.4, -0.2) is 3.21 Å². The molecule has 4 aliphatic rings. The molecule has 0 saturated heterocycles. The summed E-state index contributed by atoms with van der Waals surface area (Å²) in [5, 5.41) is 0. The average Bonchev–Trinajstić information content (AvgIpc) is 3.63. The SMILES string of the molecule is CC1=CC(C)[C]([Zr+2](=[C](c2ccc(C(F)(F)F)cc2)c2ccc(C(F)(F)F)cc2)[CH]2c3cc4c(cc3-c3cc5c(cc32)C(C)(C)CC=C5C)C(C)=CCC4(C)C)=C1.[Cl-].[Cl-]. The first-order valence-corrected chi connectivity index (χ1v) is 23.2. The van der Waals surface area contributed by atoms with Crippen molar-refractivity contribution < 1.29 is 72.4 Å². The summed E-state index contributed by atoms with van der Waals surface area (Å²) in [4.78, 5) is 0. The van der Waals surface area contributed by atoms with Crippen LogP contribution < -0.4 is 24.8 Å². The molecule has 0 heterocycles. The number of rotatable bonds is 4. The molecular weight excluding hydrogens is 865 g/mol. The van der Waals surface area contributed by atoms with E-state index >= 15 is 0 Å². The van der Waals surface area contributed by atoms with E-state index in [0.717, 1.165) is 45.9 Å². The van der Waals surface area contributed by atoms with Gasteiger partial charge in [0.15, 0.2) is 0 Å². The summed E-state index contributed by atoms with van der Waals surface area (Å²) in [6, 6.07) is 20.3. The number of alkyl halides is 6. The van der Waals surface area contributed by atoms with Gasteiger partial charge in [0.05, 0.1) is 0 Å². The molecule has 58 heavy (non-hydrogen) atoms. The van der Waals surface area contributed by atoms with Gasteiger partial charge in [0.1, 0.15) is 0 Å². The van der Waals surface area contributed by atoms with E-state index in [1.54, 1.807) is 24.3 Å². The van der Waals surface area contributed by atoms with Crippen molar-refractivity contribution in [3.05, 3.63) is 162 Å². The number of allylic oxidation sites excluding steroid dienone is 8. The van der Waals surface area contributed by atoms with Gasteiger partial charge in [0.25, 0.3) is 0 Å². The van der Waals surface area contributed by atoms with Crippen molar-refractivity contribution in [1.82, 2.24) is 0 Å². The van der Waals surface area contributed by atoms with Crippen molar-refractivity contribution in [2.24, 2.45) is 5.92 Å². The maximum atomic E-state index is 14.0. The summed E-state index contributed by atoms with van der Waals surface area (Å²) in [7, 11) is 0. The Morgan fingerprint density at radius 2 is 1.00 bits per heavy atom. The van der Waals surface area contributed by atoms with Crippen molar-refractivity contribution in [3.63, 3.8) is 0 Å². The third kappa shape index (κ3) is 7.56. The normalized spacial score (nSPS) is 18.7. The van der Waals surface area contributed by atoms with Crippen molar-refractivity contribution in [3.8, 4) is 11.1 Å². The first-order valence-electron chi connectivity index (χ1n) is 19.4. The molecule has 0 N–H and O–H groups in total. The molecule has 1 atom stereocenters. The Morgan fingerprint density at radius 1 is 0.603 bits per heavy atom. The Morgan fingerprint density at radius 3 is 1.34 bits per heavy atom. The predicted molar refractivity (Wildman–Crippen MR) is 213 cm³/mol. The van der Waals surface area contributed by atoms with E-state index < -0.39 is 44.7 Å². The maximum Gasteiger partial charge on any atom is -1.00 e. The van der Waals surface area contributed by atoms with Gasteiger partial charge in [-0.2, -0.15) is 0 Å². The van der Waals surface area contributed by atoms with E-state index in [0.29, 0.717) is 11.1 Å². The van der Waals surface area contributed by atoms with Gasteiger partial charge < -0.3 is 24.8 Å². The molecule has 4 aromatic rings. The zero-order valence-electron chi connectivity index (χ0n) is 33.8. The number of halogens is 8. The number of hydrogen-bond acceptors (Lipinski definition) is 0. The molecule has 302 valence electrons. The summed E-state index contributed by atoms with van der Waals surface area (Å²) < 4.78 is 86.1. The summed E-state index contributed by atoms with van der Waals surface area (Å²) in [6.45, 7) is 17.8. The molecule has 0 spiro atoms. The van der Waals surface area contributed by atoms with Crippen LogP contribution in [-0.2, 0) is 44.4 Å². The number of benzene rings is 4. The predicted octanol–water partition coefficient (Wildman–Crippen LogP) is 8.34. The molecule has 4 aromatic carbocycles. The minimum Gasteiger partial charge on any atom is -1.00 e. The zero-order valence-corrected chi connectivity index (χ0v) is 37.8. The molecule has 9 heteroatoms. The summed E-state index contributed by atoms with van der Waals surface area (Å²) in [6.07, 6.45) is 1.92. The third-order valence-corrected chi connectivity index (χ3v) is 21.4. The fraction of sp³-hybridized carbons (Fsp3) is 0.327. The van der Waals surface area contributed by atoms with E-state index in [2.05, 4.69) is 104 Å². The van der Waals surface area contributed by atoms with Crippen LogP contribution in [0.1, 0.15) is 127 Å². The van der Waals surface area contributed by atoms with Crippen LogP contribution in [0.4, 0.5) is 26.3 Å². The standard InChI is InChI=1S/C27H29.C15H8F6.C7H9.2ClH.Zr/c1-16-7-9-26(3,4)24-12-18-11-19-13-25-21(17(2)8-10-27(25,5)6)15-23(19)22(18)14-20(16)24;16-14(17,18)12-5-1-10(2-6-12)9-11-3-7-13(8-4-11)15(19,20)21;1-6-3-4-7(2)5-6;;;/h7-8,11-15H,9-10H2,1-6H3;1-8H;3,5,7H,1-2H3;2*1H;/q;;;;;+2/p-2. The van der Waals surface area contributed by atoms with E-state index in [1.165, 1.54) is 58.9 Å². The number of fused-ring (bicyclic) bond motifs is 5. The van der Waals surface area contributed by atoms with Gasteiger partial charge in [0.2, 0.25) is 0 Å². The van der Waals surface area contributed by atoms with Gasteiger partial charge in [-0.25, -0.2) is 0 Å². The molecule has 0 amide bonds. The van der Waals surface area contributed by atoms with Crippen LogP contribution in [0.5, 0.6) is 0 Å². The Kier molecular flexibility index (Phi) is 11.7. The Bertz CT molecular complexity index is 2330. The molecule has 0 radical (unpaired) electrons. The van der Waals surface area contributed by atoms with Crippen molar-refractivity contribution in [2.45, 2.75) is 95.0 Å². The van der Waals surface area contributed by atoms with Gasteiger partial charge in [-0.05, 0) is 0 Å². The minimum atomic E-state index is -4.53. The molecule has 8 rings (SSSR count). The first kappa shape index (κ1) is 44.3. The van der Waals surface area contributed by atoms with Crippen molar-refractivity contribution in [2.75, 3.05) is 0 Å². The van der Waals surface area contributed by atoms with Gasteiger partial charge in [-0.1, -0.05) is 0 Å². The largest absolute Gasteiger partial charge is 1.00 e. The maximum absolute atomic E-state index is 14.0. The second-order valence-electron chi connectivity index (χ2n) is 17.6. The second-order valence-corrected chi connectivity index (χ2v) is 23.7. The topological polar surface area (TPSA) is 0 Å². The monoisotopic (exact) mass is 908 g/mol. The molecule has 0 nitrogen and oxygen atoms in total. The summed E-state index contributed by atoms with van der Waals surface area (Å²) in [5.74, 6) is 0.0642. The van der Waals surface area contributed by atoms with Gasteiger partial charge in [0, 0.05) is 0 Å². The minimum absolute atomic E-state index is 0. The second kappa shape index (κ2) is 15.3. The van der Waals surface area contributed by atoms with Crippen LogP contribution in [0.2, 0.25) is 0 Å². The van der Waals surface area contributed by atoms with Crippen molar-refractivity contribution >= 4 is 14.4 Å². The first-order chi connectivity index (χ1) is 26.2. The number of hydrogen-bond donors (Lipinski definition) is 0. The molecule has 1 unspecified atom stereocenters. The smallest absolute Gasteiger partial charge is 1.00 e.